The third-order valence-corrected chi connectivity index (χ3v) is 5.76. The monoisotopic (exact) mass is 425 g/mol. The van der Waals surface area contributed by atoms with E-state index >= 15 is 0 Å². The van der Waals surface area contributed by atoms with Crippen molar-refractivity contribution in [3.8, 4) is 11.5 Å². The first-order valence-electron chi connectivity index (χ1n) is 11.2. The van der Waals surface area contributed by atoms with Gasteiger partial charge in [0.2, 0.25) is 0 Å². The predicted octanol–water partition coefficient (Wildman–Crippen LogP) is 3.31. The van der Waals surface area contributed by atoms with Crippen LogP contribution < -0.4 is 14.4 Å². The van der Waals surface area contributed by atoms with Gasteiger partial charge < -0.3 is 24.1 Å². The Balaban J connectivity index is 1.45. The van der Waals surface area contributed by atoms with Gasteiger partial charge in [0.25, 0.3) is 0 Å². The van der Waals surface area contributed by atoms with Crippen LogP contribution in [0.1, 0.15) is 18.9 Å². The molecular formula is C25H35N3O3. The molecule has 2 aromatic carbocycles. The van der Waals surface area contributed by atoms with E-state index in [2.05, 4.69) is 52.0 Å². The molecule has 6 heteroatoms. The van der Waals surface area contributed by atoms with Gasteiger partial charge in [0.15, 0.2) is 0 Å². The van der Waals surface area contributed by atoms with Gasteiger partial charge in [-0.15, -0.1) is 0 Å². The Morgan fingerprint density at radius 1 is 1.00 bits per heavy atom. The number of carbonyl (C=O) groups excluding carboxylic acids is 1. The van der Waals surface area contributed by atoms with Crippen LogP contribution >= 0.6 is 0 Å². The molecule has 0 bridgehead atoms. The highest BCUT2D eigenvalue weighted by Gasteiger charge is 2.15. The van der Waals surface area contributed by atoms with Gasteiger partial charge >= 0.3 is 0 Å². The fraction of sp³-hybridized carbons (Fsp3) is 0.480. The minimum atomic E-state index is 0.556. The number of rotatable bonds is 12. The maximum atomic E-state index is 10.6. The molecule has 0 aromatic heterocycles. The summed E-state index contributed by atoms with van der Waals surface area (Å²) in [6.45, 7) is 10.2. The molecule has 2 aromatic rings. The zero-order valence-electron chi connectivity index (χ0n) is 18.8. The summed E-state index contributed by atoms with van der Waals surface area (Å²) >= 11 is 0. The normalized spacial score (nSPS) is 14.9. The molecule has 0 spiro atoms. The number of hydrogen-bond acceptors (Lipinski definition) is 6. The van der Waals surface area contributed by atoms with Gasteiger partial charge in [-0.2, -0.15) is 0 Å². The van der Waals surface area contributed by atoms with E-state index in [0.29, 0.717) is 13.2 Å². The number of piperazine rings is 1. The van der Waals surface area contributed by atoms with E-state index in [9.17, 15) is 4.79 Å². The second kappa shape index (κ2) is 12.3. The van der Waals surface area contributed by atoms with Crippen LogP contribution in [-0.4, -0.2) is 75.6 Å². The highest BCUT2D eigenvalue weighted by molar-refractivity contribution is 5.52. The summed E-state index contributed by atoms with van der Waals surface area (Å²) in [5.74, 6) is 1.80. The van der Waals surface area contributed by atoms with Gasteiger partial charge in [0.05, 0.1) is 20.3 Å². The molecule has 1 aliphatic heterocycles. The lowest BCUT2D eigenvalue weighted by Crippen LogP contribution is -2.47. The average Bonchev–Trinajstić information content (AvgIpc) is 2.82. The van der Waals surface area contributed by atoms with Gasteiger partial charge in [-0.1, -0.05) is 18.2 Å². The molecule has 1 heterocycles. The highest BCUT2D eigenvalue weighted by Crippen LogP contribution is 2.23. The number of ether oxygens (including phenoxy) is 2. The number of hydrogen-bond donors (Lipinski definition) is 0. The minimum Gasteiger partial charge on any atom is -0.497 e. The van der Waals surface area contributed by atoms with E-state index in [1.54, 1.807) is 7.11 Å². The first kappa shape index (κ1) is 23.1. The van der Waals surface area contributed by atoms with Crippen LogP contribution in [-0.2, 0) is 11.3 Å². The number of benzene rings is 2. The van der Waals surface area contributed by atoms with Gasteiger partial charge in [0, 0.05) is 57.6 Å². The molecule has 0 unspecified atom stereocenters. The number of aldehydes is 1. The molecule has 0 saturated carbocycles. The molecule has 0 atom stereocenters. The zero-order valence-corrected chi connectivity index (χ0v) is 18.8. The van der Waals surface area contributed by atoms with Gasteiger partial charge in [0.1, 0.15) is 17.8 Å². The third-order valence-electron chi connectivity index (χ3n) is 5.76. The molecular weight excluding hydrogens is 390 g/mol. The first-order chi connectivity index (χ1) is 15.2. The zero-order chi connectivity index (χ0) is 21.9. The SMILES string of the molecule is CCN(Cc1cccc(OCCCN2CCN(CC=O)CC2)c1)c1cccc(OC)c1. The van der Waals surface area contributed by atoms with Crippen LogP contribution in [0.2, 0.25) is 0 Å². The Labute approximate surface area is 186 Å². The largest absolute Gasteiger partial charge is 0.497 e. The average molecular weight is 426 g/mol. The molecule has 0 amide bonds. The van der Waals surface area contributed by atoms with Crippen molar-refractivity contribution in [1.29, 1.82) is 0 Å². The van der Waals surface area contributed by atoms with Crippen molar-refractivity contribution in [2.24, 2.45) is 0 Å². The lowest BCUT2D eigenvalue weighted by Gasteiger charge is -2.33. The van der Waals surface area contributed by atoms with Crippen molar-refractivity contribution in [3.63, 3.8) is 0 Å². The number of nitrogens with zero attached hydrogens (tertiary/aromatic N) is 3. The summed E-state index contributed by atoms with van der Waals surface area (Å²) < 4.78 is 11.4. The highest BCUT2D eigenvalue weighted by atomic mass is 16.5. The lowest BCUT2D eigenvalue weighted by molar-refractivity contribution is -0.109. The van der Waals surface area contributed by atoms with Crippen LogP contribution in [0.25, 0.3) is 0 Å². The second-order valence-electron chi connectivity index (χ2n) is 7.87. The summed E-state index contributed by atoms with van der Waals surface area (Å²) in [6, 6.07) is 16.6. The topological polar surface area (TPSA) is 45.2 Å². The summed E-state index contributed by atoms with van der Waals surface area (Å²) in [5, 5.41) is 0. The molecule has 1 saturated heterocycles. The van der Waals surface area contributed by atoms with Crippen molar-refractivity contribution >= 4 is 12.0 Å². The van der Waals surface area contributed by atoms with Gasteiger partial charge in [-0.25, -0.2) is 0 Å². The number of carbonyl (C=O) groups is 1. The summed E-state index contributed by atoms with van der Waals surface area (Å²) in [5.41, 5.74) is 2.38. The van der Waals surface area contributed by atoms with Crippen molar-refractivity contribution in [2.75, 3.05) is 64.4 Å². The number of methoxy groups -OCH3 is 1. The standard InChI is InChI=1S/C25H35N3O3/c1-3-28(23-8-5-9-24(20-23)30-2)21-22-7-4-10-25(19-22)31-18-6-11-26-12-14-27(15-13-26)16-17-29/h4-5,7-10,17,19-20H,3,6,11-16,18,21H2,1-2H3. The van der Waals surface area contributed by atoms with Crippen LogP contribution in [0.3, 0.4) is 0 Å². The second-order valence-corrected chi connectivity index (χ2v) is 7.87. The fourth-order valence-electron chi connectivity index (χ4n) is 3.93. The molecule has 3 rings (SSSR count). The van der Waals surface area contributed by atoms with Crippen molar-refractivity contribution in [3.05, 3.63) is 54.1 Å². The third kappa shape index (κ3) is 7.26. The Hall–Kier alpha value is -2.57. The molecule has 6 nitrogen and oxygen atoms in total. The van der Waals surface area contributed by atoms with E-state index in [-0.39, 0.29) is 0 Å². The van der Waals surface area contributed by atoms with Crippen molar-refractivity contribution in [1.82, 2.24) is 9.80 Å². The van der Waals surface area contributed by atoms with Crippen molar-refractivity contribution in [2.45, 2.75) is 19.9 Å². The van der Waals surface area contributed by atoms with E-state index in [0.717, 1.165) is 75.7 Å². The Morgan fingerprint density at radius 2 is 1.74 bits per heavy atom. The van der Waals surface area contributed by atoms with Crippen LogP contribution in [0.5, 0.6) is 11.5 Å². The lowest BCUT2D eigenvalue weighted by atomic mass is 10.2. The van der Waals surface area contributed by atoms with Crippen LogP contribution in [0, 0.1) is 0 Å². The van der Waals surface area contributed by atoms with E-state index in [1.807, 2.05) is 18.2 Å². The molecule has 31 heavy (non-hydrogen) atoms. The van der Waals surface area contributed by atoms with Crippen LogP contribution in [0.15, 0.2) is 48.5 Å². The Kier molecular flexibility index (Phi) is 9.18. The first-order valence-corrected chi connectivity index (χ1v) is 11.2. The Bertz CT molecular complexity index is 806. The fourth-order valence-corrected chi connectivity index (χ4v) is 3.93. The molecule has 168 valence electrons. The van der Waals surface area contributed by atoms with Gasteiger partial charge in [-0.3, -0.25) is 4.90 Å². The van der Waals surface area contributed by atoms with E-state index in [1.165, 1.54) is 5.56 Å². The van der Waals surface area contributed by atoms with Gasteiger partial charge in [-0.05, 0) is 43.2 Å². The smallest absolute Gasteiger partial charge is 0.133 e. The molecule has 0 radical (unpaired) electrons. The summed E-state index contributed by atoms with van der Waals surface area (Å²) in [7, 11) is 1.70. The summed E-state index contributed by atoms with van der Waals surface area (Å²) in [4.78, 5) is 17.6. The molecule has 1 fully saturated rings. The summed E-state index contributed by atoms with van der Waals surface area (Å²) in [6.07, 6.45) is 2.00. The predicted molar refractivity (Wildman–Crippen MR) is 125 cm³/mol. The Morgan fingerprint density at radius 3 is 2.48 bits per heavy atom. The van der Waals surface area contributed by atoms with Crippen molar-refractivity contribution < 1.29 is 14.3 Å². The maximum absolute atomic E-state index is 10.6. The molecule has 1 aliphatic rings. The molecule has 0 aliphatic carbocycles. The quantitative estimate of drug-likeness (QED) is 0.384. The van der Waals surface area contributed by atoms with E-state index in [4.69, 9.17) is 9.47 Å². The maximum Gasteiger partial charge on any atom is 0.133 e. The number of anilines is 1. The van der Waals surface area contributed by atoms with Crippen LogP contribution in [0.4, 0.5) is 5.69 Å². The molecule has 0 N–H and O–H groups in total. The van der Waals surface area contributed by atoms with E-state index < -0.39 is 0 Å². The minimum absolute atomic E-state index is 0.556.